The predicted molar refractivity (Wildman–Crippen MR) is 71.0 cm³/mol. The van der Waals surface area contributed by atoms with Crippen LogP contribution in [0.2, 0.25) is 0 Å². The third-order valence-electron chi connectivity index (χ3n) is 2.77. The molecule has 19 heavy (non-hydrogen) atoms. The van der Waals surface area contributed by atoms with E-state index >= 15 is 0 Å². The Morgan fingerprint density at radius 2 is 1.84 bits per heavy atom. The summed E-state index contributed by atoms with van der Waals surface area (Å²) in [5.74, 6) is 0. The summed E-state index contributed by atoms with van der Waals surface area (Å²) in [7, 11) is 0. The van der Waals surface area contributed by atoms with Gasteiger partial charge in [-0.2, -0.15) is 24.5 Å². The maximum Gasteiger partial charge on any atom is 0.390 e. The van der Waals surface area contributed by atoms with E-state index in [0.717, 1.165) is 5.56 Å². The summed E-state index contributed by atoms with van der Waals surface area (Å²) in [5.41, 5.74) is 1.67. The fourth-order valence-electron chi connectivity index (χ4n) is 1.86. The van der Waals surface area contributed by atoms with Gasteiger partial charge in [0.25, 0.3) is 0 Å². The van der Waals surface area contributed by atoms with Crippen LogP contribution in [0.5, 0.6) is 0 Å². The molecular weight excluding hydrogens is 271 g/mol. The Kier molecular flexibility index (Phi) is 4.61. The van der Waals surface area contributed by atoms with E-state index in [9.17, 15) is 13.2 Å². The second-order valence-electron chi connectivity index (χ2n) is 4.30. The first-order valence-corrected chi connectivity index (χ1v) is 6.85. The molecule has 0 spiro atoms. The van der Waals surface area contributed by atoms with Crippen molar-refractivity contribution in [2.75, 3.05) is 0 Å². The SMILES string of the molecule is FC(F)(F)CC(NCc1ccsc1)c1ccccc1. The number of halogens is 3. The van der Waals surface area contributed by atoms with Crippen LogP contribution >= 0.6 is 11.3 Å². The minimum Gasteiger partial charge on any atom is -0.305 e. The van der Waals surface area contributed by atoms with Gasteiger partial charge in [0.1, 0.15) is 0 Å². The van der Waals surface area contributed by atoms with Gasteiger partial charge in [-0.1, -0.05) is 30.3 Å². The lowest BCUT2D eigenvalue weighted by molar-refractivity contribution is -0.140. The number of thiophene rings is 1. The Hall–Kier alpha value is -1.33. The zero-order valence-corrected chi connectivity index (χ0v) is 11.0. The molecule has 1 heterocycles. The minimum atomic E-state index is -4.18. The van der Waals surface area contributed by atoms with Crippen molar-refractivity contribution < 1.29 is 13.2 Å². The van der Waals surface area contributed by atoms with Crippen LogP contribution < -0.4 is 5.32 Å². The van der Waals surface area contributed by atoms with Gasteiger partial charge in [0.2, 0.25) is 0 Å². The van der Waals surface area contributed by atoms with Crippen LogP contribution in [0.25, 0.3) is 0 Å². The molecule has 5 heteroatoms. The summed E-state index contributed by atoms with van der Waals surface area (Å²) in [6, 6.07) is 9.95. The molecule has 1 aromatic heterocycles. The van der Waals surface area contributed by atoms with Crippen molar-refractivity contribution in [2.45, 2.75) is 25.2 Å². The molecule has 0 fully saturated rings. The van der Waals surface area contributed by atoms with Crippen molar-refractivity contribution in [3.8, 4) is 0 Å². The Morgan fingerprint density at radius 3 is 2.42 bits per heavy atom. The molecule has 0 amide bonds. The number of alkyl halides is 3. The van der Waals surface area contributed by atoms with E-state index in [-0.39, 0.29) is 0 Å². The minimum absolute atomic E-state index is 0.444. The van der Waals surface area contributed by atoms with E-state index in [1.807, 2.05) is 16.8 Å². The van der Waals surface area contributed by atoms with Gasteiger partial charge in [-0.05, 0) is 28.0 Å². The zero-order chi connectivity index (χ0) is 13.7. The molecule has 2 aromatic rings. The smallest absolute Gasteiger partial charge is 0.305 e. The molecule has 0 aliphatic rings. The monoisotopic (exact) mass is 285 g/mol. The van der Waals surface area contributed by atoms with Crippen molar-refractivity contribution in [3.63, 3.8) is 0 Å². The topological polar surface area (TPSA) is 12.0 Å². The standard InChI is InChI=1S/C14H14F3NS/c15-14(16,17)8-13(12-4-2-1-3-5-12)18-9-11-6-7-19-10-11/h1-7,10,13,18H,8-9H2. The molecule has 1 unspecified atom stereocenters. The van der Waals surface area contributed by atoms with Gasteiger partial charge < -0.3 is 5.32 Å². The maximum atomic E-state index is 12.6. The van der Waals surface area contributed by atoms with Crippen LogP contribution in [0, 0.1) is 0 Å². The first-order chi connectivity index (χ1) is 9.04. The quantitative estimate of drug-likeness (QED) is 0.851. The van der Waals surface area contributed by atoms with E-state index in [1.165, 1.54) is 11.3 Å². The Labute approximate surface area is 114 Å². The summed E-state index contributed by atoms with van der Waals surface area (Å²) in [5, 5.41) is 6.83. The molecule has 0 aliphatic carbocycles. The van der Waals surface area contributed by atoms with Crippen molar-refractivity contribution in [1.82, 2.24) is 5.32 Å². The van der Waals surface area contributed by atoms with Crippen LogP contribution in [-0.2, 0) is 6.54 Å². The molecule has 1 atom stereocenters. The summed E-state index contributed by atoms with van der Waals surface area (Å²) >= 11 is 1.54. The molecule has 1 aromatic carbocycles. The molecule has 0 aliphatic heterocycles. The molecule has 1 N–H and O–H groups in total. The molecule has 0 saturated heterocycles. The highest BCUT2D eigenvalue weighted by Crippen LogP contribution is 2.29. The Bertz CT molecular complexity index is 479. The second-order valence-corrected chi connectivity index (χ2v) is 5.08. The molecule has 1 nitrogen and oxygen atoms in total. The third kappa shape index (κ3) is 4.69. The summed E-state index contributed by atoms with van der Waals surface area (Å²) in [4.78, 5) is 0. The van der Waals surface area contributed by atoms with E-state index in [0.29, 0.717) is 12.1 Å². The van der Waals surface area contributed by atoms with Crippen LogP contribution in [0.1, 0.15) is 23.6 Å². The average Bonchev–Trinajstić information content (AvgIpc) is 2.87. The molecule has 102 valence electrons. The molecule has 0 bridgehead atoms. The van der Waals surface area contributed by atoms with Gasteiger partial charge in [0.05, 0.1) is 6.42 Å². The highest BCUT2D eigenvalue weighted by molar-refractivity contribution is 7.07. The highest BCUT2D eigenvalue weighted by Gasteiger charge is 2.32. The summed E-state index contributed by atoms with van der Waals surface area (Å²) in [6.45, 7) is 0.444. The molecule has 0 saturated carbocycles. The highest BCUT2D eigenvalue weighted by atomic mass is 32.1. The van der Waals surface area contributed by atoms with Crippen LogP contribution in [0.4, 0.5) is 13.2 Å². The van der Waals surface area contributed by atoms with Crippen molar-refractivity contribution >= 4 is 11.3 Å². The van der Waals surface area contributed by atoms with Gasteiger partial charge in [0.15, 0.2) is 0 Å². The summed E-state index contributed by atoms with van der Waals surface area (Å²) in [6.07, 6.45) is -5.04. The van der Waals surface area contributed by atoms with Crippen LogP contribution in [0.15, 0.2) is 47.2 Å². The lowest BCUT2D eigenvalue weighted by Crippen LogP contribution is -2.26. The fourth-order valence-corrected chi connectivity index (χ4v) is 2.53. The van der Waals surface area contributed by atoms with Crippen LogP contribution in [-0.4, -0.2) is 6.18 Å². The lowest BCUT2D eigenvalue weighted by atomic mass is 10.0. The zero-order valence-electron chi connectivity index (χ0n) is 10.2. The van der Waals surface area contributed by atoms with Crippen molar-refractivity contribution in [1.29, 1.82) is 0 Å². The fraction of sp³-hybridized carbons (Fsp3) is 0.286. The van der Waals surface area contributed by atoms with Crippen molar-refractivity contribution in [2.24, 2.45) is 0 Å². The van der Waals surface area contributed by atoms with E-state index < -0.39 is 18.6 Å². The number of benzene rings is 1. The Balaban J connectivity index is 2.06. The van der Waals surface area contributed by atoms with Gasteiger partial charge >= 0.3 is 6.18 Å². The number of nitrogens with one attached hydrogen (secondary N) is 1. The second kappa shape index (κ2) is 6.21. The normalized spacial score (nSPS) is 13.4. The van der Waals surface area contributed by atoms with Crippen LogP contribution in [0.3, 0.4) is 0 Å². The van der Waals surface area contributed by atoms with Gasteiger partial charge in [-0.15, -0.1) is 0 Å². The Morgan fingerprint density at radius 1 is 1.11 bits per heavy atom. The molecule has 0 radical (unpaired) electrons. The van der Waals surface area contributed by atoms with E-state index in [1.54, 1.807) is 30.3 Å². The van der Waals surface area contributed by atoms with Gasteiger partial charge in [0, 0.05) is 12.6 Å². The van der Waals surface area contributed by atoms with Gasteiger partial charge in [-0.3, -0.25) is 0 Å². The first kappa shape index (κ1) is 14.1. The van der Waals surface area contributed by atoms with E-state index in [4.69, 9.17) is 0 Å². The molecule has 2 rings (SSSR count). The largest absolute Gasteiger partial charge is 0.390 e. The molecular formula is C14H14F3NS. The van der Waals surface area contributed by atoms with Gasteiger partial charge in [-0.25, -0.2) is 0 Å². The average molecular weight is 285 g/mol. The third-order valence-corrected chi connectivity index (χ3v) is 3.50. The number of hydrogen-bond acceptors (Lipinski definition) is 2. The first-order valence-electron chi connectivity index (χ1n) is 5.91. The maximum absolute atomic E-state index is 12.6. The lowest BCUT2D eigenvalue weighted by Gasteiger charge is -2.20. The summed E-state index contributed by atoms with van der Waals surface area (Å²) < 4.78 is 37.9. The number of hydrogen-bond donors (Lipinski definition) is 1. The predicted octanol–water partition coefficient (Wildman–Crippen LogP) is 4.53. The number of rotatable bonds is 5. The van der Waals surface area contributed by atoms with Crippen molar-refractivity contribution in [3.05, 3.63) is 58.3 Å². The van der Waals surface area contributed by atoms with E-state index in [2.05, 4.69) is 5.32 Å².